The molecular weight excluding hydrogens is 180 g/mol. The SMILES string of the molecule is COC.O=CCS(O)(O)Cl. The molecule has 0 atom stereocenters. The fourth-order valence-electron chi connectivity index (χ4n) is 0.0866. The molecule has 0 aromatic rings. The van der Waals surface area contributed by atoms with Gasteiger partial charge in [0.25, 0.3) is 0 Å². The molecule has 0 heterocycles. The zero-order valence-electron chi connectivity index (χ0n) is 5.78. The number of hydrogen-bond donors (Lipinski definition) is 2. The molecule has 0 aliphatic carbocycles. The van der Waals surface area contributed by atoms with Crippen LogP contribution in [0.15, 0.2) is 0 Å². The lowest BCUT2D eigenvalue weighted by Crippen LogP contribution is -1.94. The molecule has 0 rings (SSSR count). The van der Waals surface area contributed by atoms with E-state index in [4.69, 9.17) is 19.8 Å². The van der Waals surface area contributed by atoms with Gasteiger partial charge in [0.15, 0.2) is 0 Å². The Balaban J connectivity index is 0. The molecule has 0 fully saturated rings. The van der Waals surface area contributed by atoms with Gasteiger partial charge in [0.2, 0.25) is 0 Å². The molecule has 0 unspecified atom stereocenters. The van der Waals surface area contributed by atoms with Gasteiger partial charge in [-0.2, -0.15) is 0 Å². The van der Waals surface area contributed by atoms with Crippen LogP contribution in [0.1, 0.15) is 0 Å². The Morgan fingerprint density at radius 2 is 1.90 bits per heavy atom. The third-order valence-electron chi connectivity index (χ3n) is 0.280. The number of rotatable bonds is 2. The van der Waals surface area contributed by atoms with Crippen molar-refractivity contribution in [2.45, 2.75) is 0 Å². The summed E-state index contributed by atoms with van der Waals surface area (Å²) in [7, 11) is 4.98. The Kier molecular flexibility index (Phi) is 9.36. The molecule has 2 N–H and O–H groups in total. The second kappa shape index (κ2) is 7.30. The van der Waals surface area contributed by atoms with Crippen LogP contribution in [-0.2, 0) is 9.53 Å². The van der Waals surface area contributed by atoms with Crippen molar-refractivity contribution in [2.75, 3.05) is 20.0 Å². The zero-order valence-corrected chi connectivity index (χ0v) is 7.35. The van der Waals surface area contributed by atoms with Gasteiger partial charge in [0, 0.05) is 24.9 Å². The average molecular weight is 191 g/mol. The first kappa shape index (κ1) is 12.8. The van der Waals surface area contributed by atoms with Gasteiger partial charge in [0.05, 0.1) is 0 Å². The lowest BCUT2D eigenvalue weighted by Gasteiger charge is -2.18. The number of methoxy groups -OCH3 is 1. The first-order chi connectivity index (χ1) is 4.47. The number of aldehydes is 1. The second-order valence-electron chi connectivity index (χ2n) is 1.33. The van der Waals surface area contributed by atoms with Gasteiger partial charge in [-0.1, -0.05) is 0 Å². The molecule has 0 saturated carbocycles. The Morgan fingerprint density at radius 1 is 1.60 bits per heavy atom. The smallest absolute Gasteiger partial charge is 0.140 e. The summed E-state index contributed by atoms with van der Waals surface area (Å²) in [6, 6.07) is 0. The fraction of sp³-hybridized carbons (Fsp3) is 0.750. The highest BCUT2D eigenvalue weighted by atomic mass is 35.7. The van der Waals surface area contributed by atoms with Crippen LogP contribution in [0.5, 0.6) is 0 Å². The quantitative estimate of drug-likeness (QED) is 0.646. The average Bonchev–Trinajstić information content (AvgIpc) is 1.63. The molecule has 0 bridgehead atoms. The minimum absolute atomic E-state index is 0.363. The number of ether oxygens (including phenoxy) is 1. The van der Waals surface area contributed by atoms with Crippen LogP contribution in [0.25, 0.3) is 0 Å². The molecule has 0 radical (unpaired) electrons. The van der Waals surface area contributed by atoms with E-state index in [1.165, 1.54) is 0 Å². The molecule has 0 spiro atoms. The molecule has 4 nitrogen and oxygen atoms in total. The summed E-state index contributed by atoms with van der Waals surface area (Å²) >= 11 is 0. The van der Waals surface area contributed by atoms with Crippen molar-refractivity contribution in [1.29, 1.82) is 0 Å². The normalized spacial score (nSPS) is 11.3. The topological polar surface area (TPSA) is 66.8 Å². The zero-order chi connectivity index (χ0) is 8.62. The van der Waals surface area contributed by atoms with Crippen molar-refractivity contribution in [2.24, 2.45) is 0 Å². The van der Waals surface area contributed by atoms with Crippen LogP contribution in [0.3, 0.4) is 0 Å². The minimum atomic E-state index is -3.07. The Morgan fingerprint density at radius 3 is 1.90 bits per heavy atom. The van der Waals surface area contributed by atoms with E-state index in [9.17, 15) is 4.79 Å². The maximum absolute atomic E-state index is 9.44. The predicted molar refractivity (Wildman–Crippen MR) is 42.6 cm³/mol. The molecule has 10 heavy (non-hydrogen) atoms. The molecule has 0 aromatic heterocycles. The minimum Gasteiger partial charge on any atom is -0.388 e. The molecule has 6 heteroatoms. The third-order valence-corrected chi connectivity index (χ3v) is 1.22. The van der Waals surface area contributed by atoms with Gasteiger partial charge < -0.3 is 9.53 Å². The van der Waals surface area contributed by atoms with Crippen molar-refractivity contribution in [3.8, 4) is 0 Å². The summed E-state index contributed by atoms with van der Waals surface area (Å²) in [5.41, 5.74) is 0. The second-order valence-corrected chi connectivity index (χ2v) is 4.32. The number of carbonyl (C=O) groups excluding carboxylic acids is 1. The van der Waals surface area contributed by atoms with Gasteiger partial charge in [0.1, 0.15) is 12.0 Å². The number of carbonyl (C=O) groups is 1. The standard InChI is InChI=1S/C2H5ClO3S.C2H6O/c3-7(5,6)2-1-4;1-3-2/h1,5-6H,2H2;1-2H3. The lowest BCUT2D eigenvalue weighted by molar-refractivity contribution is -0.105. The van der Waals surface area contributed by atoms with Crippen LogP contribution in [-0.4, -0.2) is 35.4 Å². The molecule has 0 aliphatic heterocycles. The van der Waals surface area contributed by atoms with Gasteiger partial charge in [-0.15, -0.1) is 9.80 Å². The molecule has 0 aliphatic rings. The molecule has 0 aromatic carbocycles. The summed E-state index contributed by atoms with van der Waals surface area (Å²) in [6.45, 7) is 0. The largest absolute Gasteiger partial charge is 0.388 e. The van der Waals surface area contributed by atoms with Crippen LogP contribution in [0.2, 0.25) is 0 Å². The van der Waals surface area contributed by atoms with E-state index in [0.29, 0.717) is 6.29 Å². The summed E-state index contributed by atoms with van der Waals surface area (Å²) < 4.78 is 20.6. The summed E-state index contributed by atoms with van der Waals surface area (Å²) in [5.74, 6) is -0.380. The molecule has 64 valence electrons. The van der Waals surface area contributed by atoms with E-state index in [-0.39, 0.29) is 5.75 Å². The molecular formula is C4H11ClO4S. The van der Waals surface area contributed by atoms with Crippen LogP contribution in [0, 0.1) is 0 Å². The summed E-state index contributed by atoms with van der Waals surface area (Å²) in [5, 5.41) is 0. The van der Waals surface area contributed by atoms with E-state index in [2.05, 4.69) is 4.74 Å². The van der Waals surface area contributed by atoms with Crippen molar-refractivity contribution < 1.29 is 18.6 Å². The van der Waals surface area contributed by atoms with Crippen LogP contribution in [0.4, 0.5) is 0 Å². The Labute approximate surface area is 66.0 Å². The van der Waals surface area contributed by atoms with Crippen LogP contribution >= 0.6 is 20.5 Å². The first-order valence-electron chi connectivity index (χ1n) is 2.27. The highest BCUT2D eigenvalue weighted by Crippen LogP contribution is 2.42. The number of hydrogen-bond acceptors (Lipinski definition) is 4. The summed E-state index contributed by atoms with van der Waals surface area (Å²) in [4.78, 5) is 9.44. The van der Waals surface area contributed by atoms with Crippen molar-refractivity contribution in [1.82, 2.24) is 0 Å². The first-order valence-corrected chi connectivity index (χ1v) is 4.81. The van der Waals surface area contributed by atoms with E-state index in [1.54, 1.807) is 14.2 Å². The molecule has 0 amide bonds. The predicted octanol–water partition coefficient (Wildman–Crippen LogP) is 1.35. The van der Waals surface area contributed by atoms with Gasteiger partial charge in [-0.05, 0) is 0 Å². The van der Waals surface area contributed by atoms with E-state index < -0.39 is 9.80 Å². The number of halogens is 1. The van der Waals surface area contributed by atoms with Crippen molar-refractivity contribution in [3.05, 3.63) is 0 Å². The maximum atomic E-state index is 9.44. The van der Waals surface area contributed by atoms with E-state index in [0.717, 1.165) is 0 Å². The maximum Gasteiger partial charge on any atom is 0.140 e. The van der Waals surface area contributed by atoms with E-state index >= 15 is 0 Å². The van der Waals surface area contributed by atoms with Gasteiger partial charge in [-0.25, -0.2) is 0 Å². The Bertz CT molecular complexity index is 81.8. The van der Waals surface area contributed by atoms with Gasteiger partial charge in [-0.3, -0.25) is 9.11 Å². The fourth-order valence-corrected chi connectivity index (χ4v) is 0.414. The monoisotopic (exact) mass is 190 g/mol. The molecule has 0 saturated heterocycles. The van der Waals surface area contributed by atoms with Crippen molar-refractivity contribution in [3.63, 3.8) is 0 Å². The Hall–Kier alpha value is 0.190. The lowest BCUT2D eigenvalue weighted by atomic mass is 10.9. The summed E-state index contributed by atoms with van der Waals surface area (Å²) in [6.07, 6.45) is 0.363. The third kappa shape index (κ3) is 24.1. The van der Waals surface area contributed by atoms with E-state index in [1.807, 2.05) is 0 Å². The van der Waals surface area contributed by atoms with Crippen LogP contribution < -0.4 is 0 Å². The highest BCUT2D eigenvalue weighted by molar-refractivity contribution is 8.43. The highest BCUT2D eigenvalue weighted by Gasteiger charge is 2.02. The van der Waals surface area contributed by atoms with Crippen molar-refractivity contribution >= 4 is 26.8 Å². The van der Waals surface area contributed by atoms with Gasteiger partial charge >= 0.3 is 0 Å².